The Labute approximate surface area is 182 Å². The summed E-state index contributed by atoms with van der Waals surface area (Å²) in [6.45, 7) is 5.96. The van der Waals surface area contributed by atoms with Crippen LogP contribution in [0.2, 0.25) is 0 Å². The third kappa shape index (κ3) is 8.67. The van der Waals surface area contributed by atoms with Crippen molar-refractivity contribution in [2.75, 3.05) is 13.2 Å². The Morgan fingerprint density at radius 3 is 2.00 bits per heavy atom. The molecule has 3 nitrogen and oxygen atoms in total. The lowest BCUT2D eigenvalue weighted by molar-refractivity contribution is 0.266. The molecule has 0 radical (unpaired) electrons. The summed E-state index contributed by atoms with van der Waals surface area (Å²) in [5.74, 6) is 1.75. The Kier molecular flexibility index (Phi) is 12.4. The molecule has 1 aliphatic heterocycles. The average Bonchev–Trinajstić information content (AvgIpc) is 3.09. The summed E-state index contributed by atoms with van der Waals surface area (Å²) in [5, 5.41) is 2.00. The summed E-state index contributed by atoms with van der Waals surface area (Å²) in [6.07, 6.45) is 15.0. The second-order valence-corrected chi connectivity index (χ2v) is 10.6. The van der Waals surface area contributed by atoms with Crippen molar-refractivity contribution in [2.45, 2.75) is 95.8 Å². The molecule has 1 heterocycles. The van der Waals surface area contributed by atoms with Crippen LogP contribution in [0.4, 0.5) is 0 Å². The van der Waals surface area contributed by atoms with E-state index in [1.54, 1.807) is 0 Å². The molecule has 0 aromatic heterocycles. The summed E-state index contributed by atoms with van der Waals surface area (Å²) >= 11 is 0. The van der Waals surface area contributed by atoms with Crippen molar-refractivity contribution in [1.82, 2.24) is 0 Å². The second-order valence-electron chi connectivity index (χ2n) is 7.74. The lowest BCUT2D eigenvalue weighted by Gasteiger charge is -2.11. The molecule has 0 spiro atoms. The minimum Gasteiger partial charge on any atom is -0.494 e. The lowest BCUT2D eigenvalue weighted by Crippen LogP contribution is -1.99. The van der Waals surface area contributed by atoms with Crippen LogP contribution in [0.25, 0.3) is 5.76 Å². The van der Waals surface area contributed by atoms with Gasteiger partial charge in [-0.2, -0.15) is 0 Å². The van der Waals surface area contributed by atoms with Crippen molar-refractivity contribution in [3.05, 3.63) is 29.2 Å². The van der Waals surface area contributed by atoms with Crippen molar-refractivity contribution >= 4 is 25.4 Å². The molecular weight excluding hydrogens is 400 g/mol. The Hall–Kier alpha value is -1.07. The van der Waals surface area contributed by atoms with Crippen LogP contribution in [0.3, 0.4) is 0 Å². The fourth-order valence-corrected chi connectivity index (χ4v) is 5.74. The quantitative estimate of drug-likeness (QED) is 0.256. The van der Waals surface area contributed by atoms with E-state index in [4.69, 9.17) is 9.47 Å². The monoisotopic (exact) mass is 438 g/mol. The summed E-state index contributed by atoms with van der Waals surface area (Å²) in [4.78, 5) is 1.08. The fraction of sp³-hybridized carbons (Fsp3) is 0.667. The molecule has 0 fully saturated rings. The van der Waals surface area contributed by atoms with Gasteiger partial charge < -0.3 is 9.47 Å². The van der Waals surface area contributed by atoms with Crippen LogP contribution in [0, 0.1) is 0 Å². The van der Waals surface area contributed by atoms with Crippen LogP contribution in [0.5, 0.6) is 5.75 Å². The molecule has 5 heteroatoms. The van der Waals surface area contributed by atoms with Gasteiger partial charge in [0.25, 0.3) is 0 Å². The molecule has 0 amide bonds. The highest BCUT2D eigenvalue weighted by atomic mass is 32.8. The van der Waals surface area contributed by atoms with Crippen LogP contribution in [0.15, 0.2) is 28.5 Å². The van der Waals surface area contributed by atoms with Crippen molar-refractivity contribution < 1.29 is 13.7 Å². The molecule has 164 valence electrons. The zero-order valence-corrected chi connectivity index (χ0v) is 19.9. The maximum absolute atomic E-state index is 11.5. The van der Waals surface area contributed by atoms with Gasteiger partial charge in [-0.15, -0.1) is 0 Å². The van der Waals surface area contributed by atoms with E-state index >= 15 is 0 Å². The van der Waals surface area contributed by atoms with E-state index in [0.29, 0.717) is 10.2 Å². The summed E-state index contributed by atoms with van der Waals surface area (Å²) in [6, 6.07) is 6.09. The molecule has 1 aromatic carbocycles. The minimum absolute atomic E-state index is 0.453. The Bertz CT molecular complexity index is 693. The predicted octanol–water partition coefficient (Wildman–Crippen LogP) is 7.22. The average molecular weight is 439 g/mol. The van der Waals surface area contributed by atoms with Gasteiger partial charge >= 0.3 is 0 Å². The van der Waals surface area contributed by atoms with Gasteiger partial charge in [0.05, 0.1) is 13.2 Å². The van der Waals surface area contributed by atoms with E-state index in [1.165, 1.54) is 64.2 Å². The number of unbranched alkanes of at least 4 members (excludes halogenated alkanes) is 10. The number of fused-ring (bicyclic) bond motifs is 1. The number of ether oxygens (including phenoxy) is 2. The maximum Gasteiger partial charge on any atom is 0.134 e. The normalized spacial score (nSPS) is 15.1. The van der Waals surface area contributed by atoms with Crippen molar-refractivity contribution in [3.8, 4) is 5.75 Å². The highest BCUT2D eigenvalue weighted by Crippen LogP contribution is 2.35. The van der Waals surface area contributed by atoms with Gasteiger partial charge in [-0.3, -0.25) is 0 Å². The van der Waals surface area contributed by atoms with Crippen LogP contribution in [-0.2, 0) is 24.4 Å². The number of benzene rings is 1. The fourth-order valence-electron chi connectivity index (χ4n) is 3.50. The second kappa shape index (κ2) is 14.8. The molecule has 0 N–H and O–H groups in total. The Morgan fingerprint density at radius 2 is 1.38 bits per heavy atom. The van der Waals surface area contributed by atoms with Crippen molar-refractivity contribution in [1.29, 1.82) is 0 Å². The smallest absolute Gasteiger partial charge is 0.134 e. The molecule has 29 heavy (non-hydrogen) atoms. The molecule has 1 aromatic rings. The van der Waals surface area contributed by atoms with E-state index in [1.807, 2.05) is 17.5 Å². The van der Waals surface area contributed by atoms with Crippen molar-refractivity contribution in [3.63, 3.8) is 0 Å². The first-order valence-corrected chi connectivity index (χ1v) is 14.0. The zero-order chi connectivity index (χ0) is 20.7. The molecule has 0 aliphatic carbocycles. The highest BCUT2D eigenvalue weighted by molar-refractivity contribution is 8.33. The molecule has 1 aliphatic rings. The number of hydrogen-bond donors (Lipinski definition) is 0. The summed E-state index contributed by atoms with van der Waals surface area (Å²) < 4.78 is 23.6. The minimum atomic E-state index is -0.453. The predicted molar refractivity (Wildman–Crippen MR) is 126 cm³/mol. The molecule has 0 saturated carbocycles. The van der Waals surface area contributed by atoms with Crippen molar-refractivity contribution in [2.24, 2.45) is 0 Å². The zero-order valence-electron chi connectivity index (χ0n) is 18.3. The molecule has 0 bridgehead atoms. The topological polar surface area (TPSA) is 35.5 Å². The van der Waals surface area contributed by atoms with Crippen LogP contribution < -0.4 is 4.74 Å². The van der Waals surface area contributed by atoms with Crippen LogP contribution >= 0.6 is 0 Å². The van der Waals surface area contributed by atoms with E-state index in [0.717, 1.165) is 48.0 Å². The Morgan fingerprint density at radius 1 is 0.793 bits per heavy atom. The van der Waals surface area contributed by atoms with Gasteiger partial charge in [-0.25, -0.2) is 4.21 Å². The van der Waals surface area contributed by atoms with Crippen LogP contribution in [0.1, 0.15) is 96.5 Å². The van der Waals surface area contributed by atoms with Gasteiger partial charge in [0.2, 0.25) is 0 Å². The lowest BCUT2D eigenvalue weighted by atomic mass is 10.1. The molecular formula is C24H38O3S2. The first-order chi connectivity index (χ1) is 14.3. The number of hydrogen-bond acceptors (Lipinski definition) is 3. The van der Waals surface area contributed by atoms with Gasteiger partial charge in [0.1, 0.15) is 21.7 Å². The molecule has 0 saturated heterocycles. The van der Waals surface area contributed by atoms with E-state index in [9.17, 15) is 4.21 Å². The number of rotatable bonds is 16. The standard InChI is InChI=1S/C24H38O3S2/c1-3-5-7-9-11-13-17-26-21-15-16-24-22(19-21)23(20-29(24)28-25)27-18-14-12-10-8-6-4-2/h15-16,19-20H,3-14,17-18H2,1-2H3. The summed E-state index contributed by atoms with van der Waals surface area (Å²) in [5.41, 5.74) is 1.04. The summed E-state index contributed by atoms with van der Waals surface area (Å²) in [7, 11) is 0.196. The Balaban J connectivity index is 1.81. The van der Waals surface area contributed by atoms with Gasteiger partial charge in [0, 0.05) is 15.9 Å². The maximum atomic E-state index is 11.5. The van der Waals surface area contributed by atoms with Gasteiger partial charge in [0.15, 0.2) is 0 Å². The molecule has 1 unspecified atom stereocenters. The van der Waals surface area contributed by atoms with Crippen LogP contribution in [-0.4, -0.2) is 17.4 Å². The van der Waals surface area contributed by atoms with E-state index in [-0.39, 0.29) is 0 Å². The highest BCUT2D eigenvalue weighted by Gasteiger charge is 2.21. The van der Waals surface area contributed by atoms with Gasteiger partial charge in [-0.1, -0.05) is 78.1 Å². The van der Waals surface area contributed by atoms with E-state index < -0.39 is 9.45 Å². The molecule has 2 rings (SSSR count). The van der Waals surface area contributed by atoms with E-state index in [2.05, 4.69) is 19.9 Å². The largest absolute Gasteiger partial charge is 0.494 e. The SMILES string of the molecule is CCCCCCCCOC1=CS(=S=O)c2ccc(OCCCCCCCC)cc21. The van der Waals surface area contributed by atoms with Gasteiger partial charge in [-0.05, 0) is 40.5 Å². The molecule has 1 atom stereocenters. The third-order valence-corrected chi connectivity index (χ3v) is 7.87. The first-order valence-electron chi connectivity index (χ1n) is 11.4. The third-order valence-electron chi connectivity index (χ3n) is 5.24. The first kappa shape index (κ1) is 24.2.